The summed E-state index contributed by atoms with van der Waals surface area (Å²) in [6.45, 7) is 0.501. The van der Waals surface area contributed by atoms with Gasteiger partial charge >= 0.3 is 0 Å². The van der Waals surface area contributed by atoms with Crippen LogP contribution in [0.5, 0.6) is 0 Å². The van der Waals surface area contributed by atoms with Crippen LogP contribution in [0.25, 0.3) is 11.0 Å². The Morgan fingerprint density at radius 2 is 1.83 bits per heavy atom. The van der Waals surface area contributed by atoms with Gasteiger partial charge in [-0.3, -0.25) is 4.79 Å². The van der Waals surface area contributed by atoms with Crippen molar-refractivity contribution in [3.63, 3.8) is 0 Å². The summed E-state index contributed by atoms with van der Waals surface area (Å²) < 4.78 is 0. The molecule has 0 aliphatic heterocycles. The Morgan fingerprint density at radius 3 is 2.57 bits per heavy atom. The summed E-state index contributed by atoms with van der Waals surface area (Å²) in [5.41, 5.74) is 2.57. The van der Waals surface area contributed by atoms with E-state index in [9.17, 15) is 4.79 Å². The number of aromatic nitrogens is 2. The summed E-state index contributed by atoms with van der Waals surface area (Å²) in [4.78, 5) is 19.7. The van der Waals surface area contributed by atoms with Gasteiger partial charge < -0.3 is 10.3 Å². The molecule has 2 N–H and O–H groups in total. The topological polar surface area (TPSA) is 57.8 Å². The molecule has 1 aromatic heterocycles. The van der Waals surface area contributed by atoms with Crippen molar-refractivity contribution < 1.29 is 4.79 Å². The second kappa shape index (κ2) is 7.02. The standard InChI is InChI=1S/C17H15Cl2N3O/c18-12-4-3-5-13(19)11(12)10-17(23)20-9-8-16-21-14-6-1-2-7-15(14)22-16/h1-7H,8-10H2,(H,20,23)(H,21,22). The molecule has 0 bridgehead atoms. The first-order valence-electron chi connectivity index (χ1n) is 7.26. The molecule has 0 saturated heterocycles. The Morgan fingerprint density at radius 1 is 1.09 bits per heavy atom. The first-order chi connectivity index (χ1) is 11.1. The summed E-state index contributed by atoms with van der Waals surface area (Å²) in [5.74, 6) is 0.735. The van der Waals surface area contributed by atoms with Crippen molar-refractivity contribution in [2.75, 3.05) is 6.54 Å². The van der Waals surface area contributed by atoms with Crippen molar-refractivity contribution in [1.82, 2.24) is 15.3 Å². The summed E-state index contributed by atoms with van der Waals surface area (Å²) in [6.07, 6.45) is 0.801. The van der Waals surface area contributed by atoms with Gasteiger partial charge in [0.15, 0.2) is 0 Å². The van der Waals surface area contributed by atoms with E-state index >= 15 is 0 Å². The molecule has 0 radical (unpaired) electrons. The number of rotatable bonds is 5. The monoisotopic (exact) mass is 347 g/mol. The average Bonchev–Trinajstić information content (AvgIpc) is 2.94. The average molecular weight is 348 g/mol. The van der Waals surface area contributed by atoms with Crippen molar-refractivity contribution in [3.8, 4) is 0 Å². The van der Waals surface area contributed by atoms with Crippen LogP contribution in [0.3, 0.4) is 0 Å². The molecule has 0 aliphatic rings. The molecular formula is C17H15Cl2N3O. The predicted molar refractivity (Wildman–Crippen MR) is 93.0 cm³/mol. The number of halogens is 2. The van der Waals surface area contributed by atoms with Gasteiger partial charge in [-0.2, -0.15) is 0 Å². The highest BCUT2D eigenvalue weighted by atomic mass is 35.5. The van der Waals surface area contributed by atoms with E-state index < -0.39 is 0 Å². The highest BCUT2D eigenvalue weighted by Crippen LogP contribution is 2.24. The molecule has 0 unspecified atom stereocenters. The van der Waals surface area contributed by atoms with Gasteiger partial charge in [0.2, 0.25) is 5.91 Å². The van der Waals surface area contributed by atoms with Crippen molar-refractivity contribution >= 4 is 40.1 Å². The number of carbonyl (C=O) groups is 1. The number of carbonyl (C=O) groups excluding carboxylic acids is 1. The Labute approximate surface area is 143 Å². The molecule has 0 aliphatic carbocycles. The molecule has 1 heterocycles. The summed E-state index contributed by atoms with van der Waals surface area (Å²) in [6, 6.07) is 13.0. The van der Waals surface area contributed by atoms with Crippen molar-refractivity contribution in [3.05, 3.63) is 63.9 Å². The van der Waals surface area contributed by atoms with Crippen LogP contribution < -0.4 is 5.32 Å². The fourth-order valence-electron chi connectivity index (χ4n) is 2.37. The number of amides is 1. The number of hydrogen-bond acceptors (Lipinski definition) is 2. The minimum Gasteiger partial charge on any atom is -0.355 e. The summed E-state index contributed by atoms with van der Waals surface area (Å²) in [7, 11) is 0. The van der Waals surface area contributed by atoms with Crippen LogP contribution in [0.1, 0.15) is 11.4 Å². The molecule has 0 spiro atoms. The maximum absolute atomic E-state index is 12.0. The normalized spacial score (nSPS) is 10.9. The minimum atomic E-state index is -0.115. The van der Waals surface area contributed by atoms with Crippen molar-refractivity contribution in [1.29, 1.82) is 0 Å². The minimum absolute atomic E-state index is 0.115. The number of imidazole rings is 1. The Balaban J connectivity index is 1.55. The summed E-state index contributed by atoms with van der Waals surface area (Å²) >= 11 is 12.1. The highest BCUT2D eigenvalue weighted by Gasteiger charge is 2.10. The Bertz CT molecular complexity index is 791. The van der Waals surface area contributed by atoms with Gasteiger partial charge in [-0.1, -0.05) is 41.4 Å². The molecule has 2 aromatic carbocycles. The quantitative estimate of drug-likeness (QED) is 0.737. The van der Waals surface area contributed by atoms with Gasteiger partial charge in [-0.15, -0.1) is 0 Å². The number of fused-ring (bicyclic) bond motifs is 1. The number of para-hydroxylation sites is 2. The van der Waals surface area contributed by atoms with Gasteiger partial charge in [0.25, 0.3) is 0 Å². The van der Waals surface area contributed by atoms with E-state index in [0.29, 0.717) is 28.6 Å². The zero-order valence-electron chi connectivity index (χ0n) is 12.3. The fourth-order valence-corrected chi connectivity index (χ4v) is 2.90. The fraction of sp³-hybridized carbons (Fsp3) is 0.176. The lowest BCUT2D eigenvalue weighted by molar-refractivity contribution is -0.120. The van der Waals surface area contributed by atoms with Crippen molar-refractivity contribution in [2.24, 2.45) is 0 Å². The molecule has 0 atom stereocenters. The van der Waals surface area contributed by atoms with Gasteiger partial charge in [-0.25, -0.2) is 4.98 Å². The maximum Gasteiger partial charge on any atom is 0.224 e. The number of hydrogen-bond donors (Lipinski definition) is 2. The molecule has 3 aromatic rings. The number of nitrogens with one attached hydrogen (secondary N) is 2. The molecule has 0 saturated carbocycles. The molecule has 1 amide bonds. The molecule has 23 heavy (non-hydrogen) atoms. The van der Waals surface area contributed by atoms with Crippen LogP contribution in [0.4, 0.5) is 0 Å². The van der Waals surface area contributed by atoms with Crippen LogP contribution in [0.15, 0.2) is 42.5 Å². The van der Waals surface area contributed by atoms with Crippen LogP contribution >= 0.6 is 23.2 Å². The number of aromatic amines is 1. The largest absolute Gasteiger partial charge is 0.355 e. The van der Waals surface area contributed by atoms with E-state index in [1.807, 2.05) is 24.3 Å². The zero-order chi connectivity index (χ0) is 16.2. The highest BCUT2D eigenvalue weighted by molar-refractivity contribution is 6.36. The molecule has 118 valence electrons. The molecular weight excluding hydrogens is 333 g/mol. The second-order valence-electron chi connectivity index (χ2n) is 5.18. The molecule has 0 fully saturated rings. The Kier molecular flexibility index (Phi) is 4.84. The van der Waals surface area contributed by atoms with E-state index in [4.69, 9.17) is 23.2 Å². The predicted octanol–water partition coefficient (Wildman–Crippen LogP) is 3.77. The SMILES string of the molecule is O=C(Cc1c(Cl)cccc1Cl)NCCc1nc2ccccc2[nH]1. The van der Waals surface area contributed by atoms with Crippen molar-refractivity contribution in [2.45, 2.75) is 12.8 Å². The van der Waals surface area contributed by atoms with Gasteiger partial charge in [0.1, 0.15) is 5.82 Å². The van der Waals surface area contributed by atoms with E-state index in [-0.39, 0.29) is 12.3 Å². The third kappa shape index (κ3) is 3.84. The van der Waals surface area contributed by atoms with E-state index in [1.54, 1.807) is 18.2 Å². The first-order valence-corrected chi connectivity index (χ1v) is 8.02. The lowest BCUT2D eigenvalue weighted by Gasteiger charge is -2.07. The zero-order valence-corrected chi connectivity index (χ0v) is 13.8. The van der Waals surface area contributed by atoms with Crippen LogP contribution in [0.2, 0.25) is 10.0 Å². The summed E-state index contributed by atoms with van der Waals surface area (Å²) in [5, 5.41) is 3.87. The van der Waals surface area contributed by atoms with Crippen LogP contribution in [0, 0.1) is 0 Å². The lowest BCUT2D eigenvalue weighted by Crippen LogP contribution is -2.27. The van der Waals surface area contributed by atoms with E-state index in [1.165, 1.54) is 0 Å². The van der Waals surface area contributed by atoms with Gasteiger partial charge in [0, 0.05) is 23.0 Å². The Hall–Kier alpha value is -2.04. The van der Waals surface area contributed by atoms with Crippen LogP contribution in [-0.2, 0) is 17.6 Å². The number of H-pyrrole nitrogens is 1. The molecule has 4 nitrogen and oxygen atoms in total. The van der Waals surface area contributed by atoms with Gasteiger partial charge in [0.05, 0.1) is 17.5 Å². The van der Waals surface area contributed by atoms with Gasteiger partial charge in [-0.05, 0) is 29.8 Å². The smallest absolute Gasteiger partial charge is 0.224 e. The molecule has 6 heteroatoms. The molecule has 3 rings (SSSR count). The number of nitrogens with zero attached hydrogens (tertiary/aromatic N) is 1. The van der Waals surface area contributed by atoms with E-state index in [2.05, 4.69) is 15.3 Å². The third-order valence-corrected chi connectivity index (χ3v) is 4.23. The number of benzene rings is 2. The second-order valence-corrected chi connectivity index (χ2v) is 5.99. The van der Waals surface area contributed by atoms with Crippen LogP contribution in [-0.4, -0.2) is 22.4 Å². The lowest BCUT2D eigenvalue weighted by atomic mass is 10.1. The third-order valence-electron chi connectivity index (χ3n) is 3.52. The maximum atomic E-state index is 12.0. The van der Waals surface area contributed by atoms with E-state index in [0.717, 1.165) is 16.9 Å². The first kappa shape index (κ1) is 15.8.